The van der Waals surface area contributed by atoms with Gasteiger partial charge >= 0.3 is 0 Å². The third-order valence-electron chi connectivity index (χ3n) is 4.64. The Balaban J connectivity index is 0.00000156. The lowest BCUT2D eigenvalue weighted by atomic mass is 9.94. The Morgan fingerprint density at radius 2 is 2.12 bits per heavy atom. The van der Waals surface area contributed by atoms with Crippen molar-refractivity contribution in [2.75, 3.05) is 13.1 Å². The summed E-state index contributed by atoms with van der Waals surface area (Å²) in [4.78, 5) is 17.3. The molecule has 0 bridgehead atoms. The predicted molar refractivity (Wildman–Crippen MR) is 105 cm³/mol. The van der Waals surface area contributed by atoms with Crippen LogP contribution in [0.4, 0.5) is 0 Å². The van der Waals surface area contributed by atoms with Gasteiger partial charge in [0.2, 0.25) is 0 Å². The molecule has 2 aromatic rings. The first kappa shape index (κ1) is 21.7. The Labute approximate surface area is 161 Å². The second-order valence-corrected chi connectivity index (χ2v) is 6.77. The number of piperidine rings is 1. The van der Waals surface area contributed by atoms with E-state index in [2.05, 4.69) is 41.5 Å². The first-order valence-electron chi connectivity index (χ1n) is 8.34. The molecule has 3 heterocycles. The van der Waals surface area contributed by atoms with Crippen LogP contribution >= 0.6 is 24.8 Å². The number of nitrogens with zero attached hydrogens (tertiary/aromatic N) is 3. The van der Waals surface area contributed by atoms with Crippen molar-refractivity contribution in [3.8, 4) is 0 Å². The minimum Gasteiger partial charge on any atom is -0.348 e. The van der Waals surface area contributed by atoms with E-state index in [1.165, 1.54) is 0 Å². The maximum atomic E-state index is 12.7. The van der Waals surface area contributed by atoms with Crippen LogP contribution in [0.25, 0.3) is 11.0 Å². The van der Waals surface area contributed by atoms with Gasteiger partial charge in [-0.2, -0.15) is 5.10 Å². The zero-order valence-electron chi connectivity index (χ0n) is 15.1. The Morgan fingerprint density at radius 1 is 1.40 bits per heavy atom. The molecule has 1 fully saturated rings. The van der Waals surface area contributed by atoms with Gasteiger partial charge in [-0.05, 0) is 45.7 Å². The van der Waals surface area contributed by atoms with Crippen molar-refractivity contribution in [3.63, 3.8) is 0 Å². The number of hydrogen-bond acceptors (Lipinski definition) is 4. The van der Waals surface area contributed by atoms with Gasteiger partial charge in [0.1, 0.15) is 0 Å². The maximum absolute atomic E-state index is 12.7. The van der Waals surface area contributed by atoms with Gasteiger partial charge in [0.15, 0.2) is 5.65 Å². The molecule has 0 spiro atoms. The van der Waals surface area contributed by atoms with Gasteiger partial charge in [-0.25, -0.2) is 9.67 Å². The van der Waals surface area contributed by atoms with E-state index in [-0.39, 0.29) is 42.8 Å². The van der Waals surface area contributed by atoms with E-state index < -0.39 is 0 Å². The number of halogens is 2. The summed E-state index contributed by atoms with van der Waals surface area (Å²) in [6, 6.07) is 2.32. The van der Waals surface area contributed by atoms with Crippen LogP contribution in [0.15, 0.2) is 12.3 Å². The lowest BCUT2D eigenvalue weighted by Gasteiger charge is -2.30. The van der Waals surface area contributed by atoms with E-state index >= 15 is 0 Å². The number of pyridine rings is 1. The van der Waals surface area contributed by atoms with Gasteiger partial charge in [-0.15, -0.1) is 24.8 Å². The van der Waals surface area contributed by atoms with Crippen LogP contribution < -0.4 is 10.6 Å². The molecule has 140 valence electrons. The van der Waals surface area contributed by atoms with E-state index in [1.54, 1.807) is 6.20 Å². The fraction of sp³-hybridized carbons (Fsp3) is 0.588. The van der Waals surface area contributed by atoms with Crippen molar-refractivity contribution in [3.05, 3.63) is 23.5 Å². The largest absolute Gasteiger partial charge is 0.348 e. The molecular formula is C17H27Cl2N5O. The lowest BCUT2D eigenvalue weighted by Crippen LogP contribution is -2.50. The first-order valence-corrected chi connectivity index (χ1v) is 8.34. The van der Waals surface area contributed by atoms with Crippen LogP contribution in [0, 0.1) is 12.8 Å². The number of aryl methyl sites for hydroxylation is 1. The summed E-state index contributed by atoms with van der Waals surface area (Å²) < 4.78 is 1.89. The molecule has 2 N–H and O–H groups in total. The minimum atomic E-state index is -0.0465. The number of hydrogen-bond donors (Lipinski definition) is 2. The summed E-state index contributed by atoms with van der Waals surface area (Å²) in [6.07, 6.45) is 2.87. The van der Waals surface area contributed by atoms with Crippen LogP contribution in [0.1, 0.15) is 49.3 Å². The van der Waals surface area contributed by atoms with Gasteiger partial charge in [-0.1, -0.05) is 6.92 Å². The molecule has 8 heteroatoms. The van der Waals surface area contributed by atoms with E-state index in [0.717, 1.165) is 36.2 Å². The summed E-state index contributed by atoms with van der Waals surface area (Å²) in [7, 11) is 0. The summed E-state index contributed by atoms with van der Waals surface area (Å²) in [6.45, 7) is 10.1. The van der Waals surface area contributed by atoms with E-state index in [1.807, 2.05) is 17.7 Å². The van der Waals surface area contributed by atoms with Crippen LogP contribution in [-0.2, 0) is 0 Å². The number of nitrogens with one attached hydrogen (secondary N) is 2. The number of amides is 1. The average molecular weight is 388 g/mol. The highest BCUT2D eigenvalue weighted by Crippen LogP contribution is 2.20. The molecule has 2 aromatic heterocycles. The SMILES string of the molecule is Cc1nc2c(cnn2C(C)C)cc1C(=O)NC1CNCCC1C.Cl.Cl. The van der Waals surface area contributed by atoms with Crippen LogP contribution in [0.3, 0.4) is 0 Å². The van der Waals surface area contributed by atoms with Gasteiger partial charge in [0.25, 0.3) is 5.91 Å². The fourth-order valence-electron chi connectivity index (χ4n) is 3.10. The molecule has 3 rings (SSSR count). The number of fused-ring (bicyclic) bond motifs is 1. The predicted octanol–water partition coefficient (Wildman–Crippen LogP) is 2.89. The molecule has 0 aliphatic carbocycles. The summed E-state index contributed by atoms with van der Waals surface area (Å²) >= 11 is 0. The molecule has 1 amide bonds. The molecular weight excluding hydrogens is 361 g/mol. The van der Waals surface area contributed by atoms with Crippen molar-refractivity contribution in [1.82, 2.24) is 25.4 Å². The molecule has 2 atom stereocenters. The van der Waals surface area contributed by atoms with Crippen molar-refractivity contribution in [2.24, 2.45) is 5.92 Å². The van der Waals surface area contributed by atoms with Crippen LogP contribution in [0.2, 0.25) is 0 Å². The monoisotopic (exact) mass is 387 g/mol. The number of rotatable bonds is 3. The van der Waals surface area contributed by atoms with Gasteiger partial charge < -0.3 is 10.6 Å². The van der Waals surface area contributed by atoms with Crippen molar-refractivity contribution in [2.45, 2.75) is 46.2 Å². The highest BCUT2D eigenvalue weighted by Gasteiger charge is 2.24. The molecule has 2 unspecified atom stereocenters. The van der Waals surface area contributed by atoms with Crippen molar-refractivity contribution < 1.29 is 4.79 Å². The third kappa shape index (κ3) is 4.43. The zero-order valence-corrected chi connectivity index (χ0v) is 16.7. The van der Waals surface area contributed by atoms with Crippen molar-refractivity contribution >= 4 is 41.8 Å². The van der Waals surface area contributed by atoms with E-state index in [0.29, 0.717) is 11.5 Å². The van der Waals surface area contributed by atoms with Gasteiger partial charge in [-0.3, -0.25) is 4.79 Å². The molecule has 0 saturated carbocycles. The quantitative estimate of drug-likeness (QED) is 0.848. The number of carbonyl (C=O) groups excluding carboxylic acids is 1. The second kappa shape index (κ2) is 8.83. The number of aromatic nitrogens is 3. The van der Waals surface area contributed by atoms with E-state index in [4.69, 9.17) is 0 Å². The first-order chi connectivity index (χ1) is 11.0. The molecule has 6 nitrogen and oxygen atoms in total. The molecule has 0 radical (unpaired) electrons. The second-order valence-electron chi connectivity index (χ2n) is 6.77. The Morgan fingerprint density at radius 3 is 2.76 bits per heavy atom. The molecule has 1 aliphatic rings. The Hall–Kier alpha value is -1.37. The maximum Gasteiger partial charge on any atom is 0.253 e. The standard InChI is InChI=1S/C17H25N5O.2ClH/c1-10(2)22-16-13(8-19-22)7-14(12(4)20-16)17(23)21-15-9-18-6-5-11(15)3;;/h7-8,10-11,15,18H,5-6,9H2,1-4H3,(H,21,23);2*1H. The molecule has 25 heavy (non-hydrogen) atoms. The third-order valence-corrected chi connectivity index (χ3v) is 4.64. The van der Waals surface area contributed by atoms with Gasteiger partial charge in [0.05, 0.1) is 17.5 Å². The highest BCUT2D eigenvalue weighted by atomic mass is 35.5. The molecule has 1 saturated heterocycles. The average Bonchev–Trinajstić information content (AvgIpc) is 2.91. The minimum absolute atomic E-state index is 0. The summed E-state index contributed by atoms with van der Waals surface area (Å²) in [5.41, 5.74) is 2.22. The lowest BCUT2D eigenvalue weighted by molar-refractivity contribution is 0.0914. The normalized spacial score (nSPS) is 20.0. The smallest absolute Gasteiger partial charge is 0.253 e. The number of carbonyl (C=O) groups is 1. The topological polar surface area (TPSA) is 71.8 Å². The zero-order chi connectivity index (χ0) is 16.6. The van der Waals surface area contributed by atoms with Gasteiger partial charge in [0, 0.05) is 24.0 Å². The summed E-state index contributed by atoms with van der Waals surface area (Å²) in [5.74, 6) is 0.440. The van der Waals surface area contributed by atoms with Crippen LogP contribution in [-0.4, -0.2) is 39.8 Å². The Bertz CT molecular complexity index is 731. The molecule has 0 aromatic carbocycles. The fourth-order valence-corrected chi connectivity index (χ4v) is 3.10. The summed E-state index contributed by atoms with van der Waals surface area (Å²) in [5, 5.41) is 11.8. The highest BCUT2D eigenvalue weighted by molar-refractivity contribution is 5.98. The van der Waals surface area contributed by atoms with E-state index in [9.17, 15) is 4.79 Å². The van der Waals surface area contributed by atoms with Crippen molar-refractivity contribution in [1.29, 1.82) is 0 Å². The Kier molecular flexibility index (Phi) is 7.65. The molecule has 1 aliphatic heterocycles. The van der Waals surface area contributed by atoms with Crippen LogP contribution in [0.5, 0.6) is 0 Å².